The lowest BCUT2D eigenvalue weighted by Gasteiger charge is -2.40. The number of amides is 1. The van der Waals surface area contributed by atoms with E-state index >= 15 is 0 Å². The van der Waals surface area contributed by atoms with Gasteiger partial charge in [0.2, 0.25) is 5.91 Å². The molecule has 1 heterocycles. The molecule has 53 heavy (non-hydrogen) atoms. The van der Waals surface area contributed by atoms with Crippen molar-refractivity contribution < 1.29 is 39.8 Å². The summed E-state index contributed by atoms with van der Waals surface area (Å²) < 4.78 is 10.9. The number of hydrogen-bond acceptors (Lipinski definition) is 8. The summed E-state index contributed by atoms with van der Waals surface area (Å²) in [5.41, 5.74) is 0. The average molecular weight is 752 g/mol. The van der Waals surface area contributed by atoms with Crippen LogP contribution in [0.25, 0.3) is 0 Å². The van der Waals surface area contributed by atoms with Crippen molar-refractivity contribution in [2.75, 3.05) is 13.2 Å². The summed E-state index contributed by atoms with van der Waals surface area (Å²) in [4.78, 5) is 12.0. The molecule has 1 rings (SSSR count). The summed E-state index contributed by atoms with van der Waals surface area (Å²) in [5, 5.41) is 52.9. The number of aliphatic hydroxyl groups is 5. The Kier molecular flexibility index (Phi) is 32.5. The fraction of sp³-hybridized carbons (Fsp3) is 0.841. The van der Waals surface area contributed by atoms with Crippen molar-refractivity contribution in [1.29, 1.82) is 0 Å². The van der Waals surface area contributed by atoms with Gasteiger partial charge in [0.15, 0.2) is 6.29 Å². The van der Waals surface area contributed by atoms with Crippen LogP contribution in [0.1, 0.15) is 181 Å². The molecule has 1 fully saturated rings. The zero-order chi connectivity index (χ0) is 38.8. The third kappa shape index (κ3) is 26.0. The summed E-state index contributed by atoms with van der Waals surface area (Å²) >= 11 is 0. The Bertz CT molecular complexity index is 925. The zero-order valence-electron chi connectivity index (χ0n) is 33.8. The smallest absolute Gasteiger partial charge is 0.220 e. The summed E-state index contributed by atoms with van der Waals surface area (Å²) in [6.07, 6.45) is 37.5. The molecule has 9 heteroatoms. The van der Waals surface area contributed by atoms with Gasteiger partial charge < -0.3 is 40.3 Å². The molecular weight excluding hydrogens is 670 g/mol. The quantitative estimate of drug-likeness (QED) is 0.0279. The highest BCUT2D eigenvalue weighted by Crippen LogP contribution is 2.22. The van der Waals surface area contributed by atoms with E-state index in [4.69, 9.17) is 9.47 Å². The van der Waals surface area contributed by atoms with Gasteiger partial charge in [-0.3, -0.25) is 4.79 Å². The highest BCUT2D eigenvalue weighted by molar-refractivity contribution is 5.75. The number of aliphatic hydroxyl groups excluding tert-OH is 5. The van der Waals surface area contributed by atoms with E-state index < -0.39 is 49.5 Å². The molecule has 7 atom stereocenters. The normalized spacial score (nSPS) is 22.0. The van der Waals surface area contributed by atoms with E-state index in [0.29, 0.717) is 0 Å². The van der Waals surface area contributed by atoms with E-state index in [1.807, 2.05) is 6.08 Å². The number of rotatable bonds is 35. The Hall–Kier alpha value is -1.59. The summed E-state index contributed by atoms with van der Waals surface area (Å²) in [6.45, 7) is 3.19. The Morgan fingerprint density at radius 2 is 1.06 bits per heavy atom. The fourth-order valence-corrected chi connectivity index (χ4v) is 6.68. The summed E-state index contributed by atoms with van der Waals surface area (Å²) in [5.74, 6) is -0.280. The van der Waals surface area contributed by atoms with Gasteiger partial charge in [-0.25, -0.2) is 0 Å². The first-order valence-electron chi connectivity index (χ1n) is 21.7. The first kappa shape index (κ1) is 49.4. The molecule has 0 aliphatic carbocycles. The molecule has 1 saturated heterocycles. The van der Waals surface area contributed by atoms with Crippen LogP contribution in [0.2, 0.25) is 0 Å². The lowest BCUT2D eigenvalue weighted by atomic mass is 9.99. The maximum Gasteiger partial charge on any atom is 0.220 e. The van der Waals surface area contributed by atoms with E-state index in [-0.39, 0.29) is 18.9 Å². The van der Waals surface area contributed by atoms with Gasteiger partial charge in [0.05, 0.1) is 25.4 Å². The van der Waals surface area contributed by atoms with Gasteiger partial charge in [-0.2, -0.15) is 0 Å². The molecule has 1 amide bonds. The second-order valence-corrected chi connectivity index (χ2v) is 15.1. The Morgan fingerprint density at radius 3 is 1.51 bits per heavy atom. The topological polar surface area (TPSA) is 149 Å². The molecule has 0 aromatic heterocycles. The molecule has 310 valence electrons. The number of carbonyl (C=O) groups excluding carboxylic acids is 1. The standard InChI is InChI=1S/C44H81NO8/c1-3-5-6-7-8-9-10-11-12-13-14-15-16-17-18-19-20-21-22-23-24-25-26-27-28-29-30-31-32-33-34-38(47)37(45-40(48)4-2)36-52-44-43(51)42(50)41(49)39(35-46)53-44/h25-26,29-30,33-34,37-39,41-44,46-47,49-51H,3-24,27-28,31-32,35-36H2,1-2H3,(H,45,48)/b26-25+,30-29+,34-33+. The number of allylic oxidation sites excluding steroid dienone is 5. The first-order chi connectivity index (χ1) is 25.8. The van der Waals surface area contributed by atoms with Crippen LogP contribution in [0, 0.1) is 0 Å². The van der Waals surface area contributed by atoms with Crippen molar-refractivity contribution in [3.05, 3.63) is 36.5 Å². The number of carbonyl (C=O) groups is 1. The highest BCUT2D eigenvalue weighted by Gasteiger charge is 2.44. The van der Waals surface area contributed by atoms with Crippen molar-refractivity contribution in [3.63, 3.8) is 0 Å². The fourth-order valence-electron chi connectivity index (χ4n) is 6.68. The molecule has 7 unspecified atom stereocenters. The van der Waals surface area contributed by atoms with Gasteiger partial charge in [-0.15, -0.1) is 0 Å². The van der Waals surface area contributed by atoms with Gasteiger partial charge in [0.1, 0.15) is 24.4 Å². The van der Waals surface area contributed by atoms with Crippen LogP contribution in [0.3, 0.4) is 0 Å². The first-order valence-corrected chi connectivity index (χ1v) is 21.7. The maximum atomic E-state index is 12.0. The van der Waals surface area contributed by atoms with Crippen LogP contribution in [0.4, 0.5) is 0 Å². The molecule has 0 bridgehead atoms. The SMILES string of the molecule is CCCCCCCCCCCCCCCCCCCCCC/C=C/CC/C=C/CC/C=C/C(O)C(COC1OC(CO)C(O)C(O)C1O)NC(=O)CC. The lowest BCUT2D eigenvalue weighted by Crippen LogP contribution is -2.60. The van der Waals surface area contributed by atoms with Gasteiger partial charge in [-0.05, 0) is 38.5 Å². The number of hydrogen-bond donors (Lipinski definition) is 6. The Balaban J connectivity index is 2.02. The molecule has 6 N–H and O–H groups in total. The maximum absolute atomic E-state index is 12.0. The van der Waals surface area contributed by atoms with Crippen molar-refractivity contribution in [1.82, 2.24) is 5.32 Å². The summed E-state index contributed by atoms with van der Waals surface area (Å²) in [6, 6.07) is -0.822. The number of ether oxygens (including phenoxy) is 2. The minimum atomic E-state index is -1.57. The predicted octanol–water partition coefficient (Wildman–Crippen LogP) is 8.50. The van der Waals surface area contributed by atoms with E-state index in [1.54, 1.807) is 13.0 Å². The minimum Gasteiger partial charge on any atom is -0.394 e. The zero-order valence-corrected chi connectivity index (χ0v) is 33.8. The molecule has 0 saturated carbocycles. The van der Waals surface area contributed by atoms with Crippen molar-refractivity contribution in [3.8, 4) is 0 Å². The number of nitrogens with one attached hydrogen (secondary N) is 1. The Morgan fingerprint density at radius 1 is 0.623 bits per heavy atom. The van der Waals surface area contributed by atoms with Crippen LogP contribution >= 0.6 is 0 Å². The monoisotopic (exact) mass is 752 g/mol. The second kappa shape index (κ2) is 34.9. The van der Waals surface area contributed by atoms with Gasteiger partial charge in [0, 0.05) is 6.42 Å². The largest absolute Gasteiger partial charge is 0.394 e. The van der Waals surface area contributed by atoms with Gasteiger partial charge in [0.25, 0.3) is 0 Å². The third-order valence-corrected chi connectivity index (χ3v) is 10.3. The van der Waals surface area contributed by atoms with Crippen LogP contribution < -0.4 is 5.32 Å². The third-order valence-electron chi connectivity index (χ3n) is 10.3. The van der Waals surface area contributed by atoms with E-state index in [2.05, 4.69) is 36.5 Å². The molecule has 1 aliphatic heterocycles. The van der Waals surface area contributed by atoms with Crippen LogP contribution in [0.5, 0.6) is 0 Å². The average Bonchev–Trinajstić information content (AvgIpc) is 3.16. The van der Waals surface area contributed by atoms with E-state index in [1.165, 1.54) is 135 Å². The van der Waals surface area contributed by atoms with Crippen molar-refractivity contribution in [2.24, 2.45) is 0 Å². The Labute approximate surface area is 323 Å². The molecule has 0 aromatic carbocycles. The molecule has 9 nitrogen and oxygen atoms in total. The van der Waals surface area contributed by atoms with Crippen LogP contribution in [0.15, 0.2) is 36.5 Å². The molecule has 0 radical (unpaired) electrons. The molecule has 0 aromatic rings. The van der Waals surface area contributed by atoms with E-state index in [9.17, 15) is 30.3 Å². The predicted molar refractivity (Wildman–Crippen MR) is 216 cm³/mol. The molecule has 0 spiro atoms. The second-order valence-electron chi connectivity index (χ2n) is 15.1. The van der Waals surface area contributed by atoms with Crippen molar-refractivity contribution in [2.45, 2.75) is 224 Å². The van der Waals surface area contributed by atoms with Crippen molar-refractivity contribution >= 4 is 5.91 Å². The molecule has 1 aliphatic rings. The van der Waals surface area contributed by atoms with Crippen LogP contribution in [-0.4, -0.2) is 87.5 Å². The minimum absolute atomic E-state index is 0.215. The van der Waals surface area contributed by atoms with E-state index in [0.717, 1.165) is 25.7 Å². The van der Waals surface area contributed by atoms with Gasteiger partial charge >= 0.3 is 0 Å². The highest BCUT2D eigenvalue weighted by atomic mass is 16.7. The lowest BCUT2D eigenvalue weighted by molar-refractivity contribution is -0.302. The number of unbranched alkanes of at least 4 members (excludes halogenated alkanes) is 22. The summed E-state index contributed by atoms with van der Waals surface area (Å²) in [7, 11) is 0. The van der Waals surface area contributed by atoms with Gasteiger partial charge in [-0.1, -0.05) is 172 Å². The molecular formula is C44H81NO8. The van der Waals surface area contributed by atoms with Crippen LogP contribution in [-0.2, 0) is 14.3 Å².